The molecule has 6 nitrogen and oxygen atoms in total. The summed E-state index contributed by atoms with van der Waals surface area (Å²) in [6.07, 6.45) is 2.91. The monoisotopic (exact) mass is 381 g/mol. The van der Waals surface area contributed by atoms with Crippen LogP contribution in [0.5, 0.6) is 5.75 Å². The predicted octanol–water partition coefficient (Wildman–Crippen LogP) is 3.02. The molecule has 3 aromatic rings. The van der Waals surface area contributed by atoms with Crippen LogP contribution in [0.4, 0.5) is 0 Å². The van der Waals surface area contributed by atoms with E-state index < -0.39 is 11.5 Å². The van der Waals surface area contributed by atoms with Gasteiger partial charge in [-0.05, 0) is 42.0 Å². The van der Waals surface area contributed by atoms with Crippen molar-refractivity contribution in [3.05, 3.63) is 98.9 Å². The van der Waals surface area contributed by atoms with Gasteiger partial charge in [-0.3, -0.25) is 9.59 Å². The van der Waals surface area contributed by atoms with Crippen LogP contribution < -0.4 is 11.0 Å². The van der Waals surface area contributed by atoms with Crippen molar-refractivity contribution in [1.82, 2.24) is 9.99 Å². The fraction of sp³-hybridized carbons (Fsp3) is 0.0500. The molecule has 0 atom stereocenters. The van der Waals surface area contributed by atoms with Crippen LogP contribution in [0.15, 0.2) is 76.8 Å². The van der Waals surface area contributed by atoms with Crippen LogP contribution in [0.1, 0.15) is 21.5 Å². The van der Waals surface area contributed by atoms with E-state index in [4.69, 9.17) is 11.6 Å². The standard InChI is InChI=1S/C20H16ClN3O3/c21-16-7-3-5-14(11-16)13-24-10-4-8-17(20(24)27)19(26)23-22-12-15-6-1-2-9-18(15)25/h1-12,25H,13H2,(H,23,26)/b22-12-. The van der Waals surface area contributed by atoms with E-state index in [1.807, 2.05) is 6.07 Å². The number of hydrazone groups is 1. The Morgan fingerprint density at radius 1 is 1.15 bits per heavy atom. The average Bonchev–Trinajstić information content (AvgIpc) is 2.65. The maximum Gasteiger partial charge on any atom is 0.276 e. The van der Waals surface area contributed by atoms with Crippen LogP contribution in [0, 0.1) is 0 Å². The first-order valence-electron chi connectivity index (χ1n) is 8.10. The minimum absolute atomic E-state index is 0.0334. The molecule has 0 aliphatic rings. The van der Waals surface area contributed by atoms with Crippen LogP contribution in [-0.2, 0) is 6.54 Å². The van der Waals surface area contributed by atoms with Crippen LogP contribution in [-0.4, -0.2) is 21.8 Å². The SMILES string of the molecule is O=C(N/N=C\c1ccccc1O)c1cccn(Cc2cccc(Cl)c2)c1=O. The number of aromatic nitrogens is 1. The highest BCUT2D eigenvalue weighted by Crippen LogP contribution is 2.13. The van der Waals surface area contributed by atoms with Gasteiger partial charge in [-0.2, -0.15) is 5.10 Å². The fourth-order valence-corrected chi connectivity index (χ4v) is 2.70. The normalized spacial score (nSPS) is 10.9. The number of rotatable bonds is 5. The number of para-hydroxylation sites is 1. The highest BCUT2D eigenvalue weighted by molar-refractivity contribution is 6.30. The van der Waals surface area contributed by atoms with Crippen LogP contribution in [0.3, 0.4) is 0 Å². The molecule has 2 aromatic carbocycles. The van der Waals surface area contributed by atoms with Gasteiger partial charge in [0.15, 0.2) is 0 Å². The largest absolute Gasteiger partial charge is 0.507 e. The Kier molecular flexibility index (Phi) is 5.68. The zero-order chi connectivity index (χ0) is 19.2. The number of amides is 1. The molecule has 136 valence electrons. The van der Waals surface area contributed by atoms with Crippen molar-refractivity contribution >= 4 is 23.7 Å². The quantitative estimate of drug-likeness (QED) is 0.526. The van der Waals surface area contributed by atoms with Gasteiger partial charge in [0.2, 0.25) is 0 Å². The molecule has 27 heavy (non-hydrogen) atoms. The smallest absolute Gasteiger partial charge is 0.276 e. The minimum Gasteiger partial charge on any atom is -0.507 e. The van der Waals surface area contributed by atoms with Gasteiger partial charge in [0.1, 0.15) is 11.3 Å². The number of phenols is 1. The topological polar surface area (TPSA) is 83.7 Å². The summed E-state index contributed by atoms with van der Waals surface area (Å²) in [6, 6.07) is 16.8. The second-order valence-electron chi connectivity index (χ2n) is 5.74. The number of pyridine rings is 1. The summed E-state index contributed by atoms with van der Waals surface area (Å²) in [5, 5.41) is 14.0. The van der Waals surface area contributed by atoms with Crippen LogP contribution in [0.25, 0.3) is 0 Å². The predicted molar refractivity (Wildman–Crippen MR) is 104 cm³/mol. The number of carbonyl (C=O) groups is 1. The fourth-order valence-electron chi connectivity index (χ4n) is 2.48. The first-order valence-corrected chi connectivity index (χ1v) is 8.47. The summed E-state index contributed by atoms with van der Waals surface area (Å²) in [5.41, 5.74) is 3.13. The third-order valence-electron chi connectivity index (χ3n) is 3.81. The van der Waals surface area contributed by atoms with Crippen molar-refractivity contribution in [2.75, 3.05) is 0 Å². The Labute approximate surface area is 160 Å². The number of halogens is 1. The van der Waals surface area contributed by atoms with E-state index in [1.54, 1.807) is 48.7 Å². The molecular weight excluding hydrogens is 366 g/mol. The molecule has 2 N–H and O–H groups in total. The second-order valence-corrected chi connectivity index (χ2v) is 6.18. The van der Waals surface area contributed by atoms with E-state index in [0.717, 1.165) is 5.56 Å². The molecule has 0 aliphatic carbocycles. The molecule has 0 radical (unpaired) electrons. The Balaban J connectivity index is 1.76. The van der Waals surface area contributed by atoms with Crippen molar-refractivity contribution in [2.24, 2.45) is 5.10 Å². The number of nitrogens with zero attached hydrogens (tertiary/aromatic N) is 2. The van der Waals surface area contributed by atoms with Crippen molar-refractivity contribution in [3.63, 3.8) is 0 Å². The van der Waals surface area contributed by atoms with Gasteiger partial charge in [0, 0.05) is 16.8 Å². The first kappa shape index (κ1) is 18.4. The minimum atomic E-state index is -0.632. The summed E-state index contributed by atoms with van der Waals surface area (Å²) in [6.45, 7) is 0.293. The van der Waals surface area contributed by atoms with E-state index in [2.05, 4.69) is 10.5 Å². The van der Waals surface area contributed by atoms with Gasteiger partial charge in [0.05, 0.1) is 12.8 Å². The average molecular weight is 382 g/mol. The van der Waals surface area contributed by atoms with E-state index in [-0.39, 0.29) is 11.3 Å². The zero-order valence-electron chi connectivity index (χ0n) is 14.2. The molecule has 1 aromatic heterocycles. The van der Waals surface area contributed by atoms with Gasteiger partial charge in [-0.25, -0.2) is 5.43 Å². The summed E-state index contributed by atoms with van der Waals surface area (Å²) >= 11 is 5.97. The lowest BCUT2D eigenvalue weighted by molar-refractivity contribution is 0.0953. The molecule has 0 fully saturated rings. The lowest BCUT2D eigenvalue weighted by Gasteiger charge is -2.08. The summed E-state index contributed by atoms with van der Waals surface area (Å²) < 4.78 is 1.42. The lowest BCUT2D eigenvalue weighted by atomic mass is 10.2. The highest BCUT2D eigenvalue weighted by Gasteiger charge is 2.11. The molecular formula is C20H16ClN3O3. The van der Waals surface area contributed by atoms with E-state index >= 15 is 0 Å². The molecule has 0 aliphatic heterocycles. The molecule has 1 heterocycles. The number of phenolic OH excluding ortho intramolecular Hbond substituents is 1. The number of hydrogen-bond donors (Lipinski definition) is 2. The maximum atomic E-state index is 12.6. The first-order chi connectivity index (χ1) is 13.0. The summed E-state index contributed by atoms with van der Waals surface area (Å²) in [5.74, 6) is -0.591. The van der Waals surface area contributed by atoms with Gasteiger partial charge in [-0.1, -0.05) is 35.9 Å². The second kappa shape index (κ2) is 8.33. The third kappa shape index (κ3) is 4.62. The molecule has 0 bridgehead atoms. The zero-order valence-corrected chi connectivity index (χ0v) is 14.9. The van der Waals surface area contributed by atoms with Crippen LogP contribution in [0.2, 0.25) is 5.02 Å². The van der Waals surface area contributed by atoms with Gasteiger partial charge in [0.25, 0.3) is 11.5 Å². The van der Waals surface area contributed by atoms with E-state index in [0.29, 0.717) is 17.1 Å². The Morgan fingerprint density at radius 3 is 2.74 bits per heavy atom. The molecule has 0 spiro atoms. The van der Waals surface area contributed by atoms with Crippen LogP contribution >= 0.6 is 11.6 Å². The van der Waals surface area contributed by atoms with Gasteiger partial charge >= 0.3 is 0 Å². The van der Waals surface area contributed by atoms with Crippen molar-refractivity contribution in [3.8, 4) is 5.75 Å². The number of benzene rings is 2. The maximum absolute atomic E-state index is 12.6. The third-order valence-corrected chi connectivity index (χ3v) is 4.05. The lowest BCUT2D eigenvalue weighted by Crippen LogP contribution is -2.30. The Morgan fingerprint density at radius 2 is 1.96 bits per heavy atom. The van der Waals surface area contributed by atoms with Crippen molar-refractivity contribution < 1.29 is 9.90 Å². The van der Waals surface area contributed by atoms with E-state index in [9.17, 15) is 14.7 Å². The van der Waals surface area contributed by atoms with Gasteiger partial charge in [-0.15, -0.1) is 0 Å². The highest BCUT2D eigenvalue weighted by atomic mass is 35.5. The molecule has 1 amide bonds. The summed E-state index contributed by atoms with van der Waals surface area (Å²) in [4.78, 5) is 24.8. The molecule has 0 unspecified atom stereocenters. The van der Waals surface area contributed by atoms with Crippen molar-refractivity contribution in [1.29, 1.82) is 0 Å². The molecule has 7 heteroatoms. The number of nitrogens with one attached hydrogen (secondary N) is 1. The number of aromatic hydroxyl groups is 1. The molecule has 3 rings (SSSR count). The summed E-state index contributed by atoms with van der Waals surface area (Å²) in [7, 11) is 0. The number of carbonyl (C=O) groups excluding carboxylic acids is 1. The molecule has 0 saturated heterocycles. The number of hydrogen-bond acceptors (Lipinski definition) is 4. The molecule has 0 saturated carbocycles. The van der Waals surface area contributed by atoms with Gasteiger partial charge < -0.3 is 9.67 Å². The van der Waals surface area contributed by atoms with Crippen molar-refractivity contribution in [2.45, 2.75) is 6.54 Å². The Hall–Kier alpha value is -3.38. The Bertz CT molecular complexity index is 1060. The van der Waals surface area contributed by atoms with E-state index in [1.165, 1.54) is 22.9 Å².